The van der Waals surface area contributed by atoms with Crippen molar-refractivity contribution in [2.24, 2.45) is 0 Å². The molecule has 7 rings (SSSR count). The highest BCUT2D eigenvalue weighted by Gasteiger charge is 2.17. The van der Waals surface area contributed by atoms with Gasteiger partial charge < -0.3 is 5.11 Å². The standard InChI is InChI=1S/C34H23N3O/c38-33-16-7-5-13-28(33)30-20-25(23-10-2-1-3-11-23)22-34(36-30)37-31-15-6-4-12-26(31)27-18-17-24(21-32(27)37)29-14-8-9-19-35-29/h1-22,38H. The Kier molecular flexibility index (Phi) is 5.22. The van der Waals surface area contributed by atoms with Crippen LogP contribution in [0.3, 0.4) is 0 Å². The maximum absolute atomic E-state index is 10.7. The van der Waals surface area contributed by atoms with Gasteiger partial charge in [-0.15, -0.1) is 0 Å². The lowest BCUT2D eigenvalue weighted by Crippen LogP contribution is -2.00. The molecule has 3 aromatic heterocycles. The van der Waals surface area contributed by atoms with Crippen LogP contribution in [-0.2, 0) is 0 Å². The predicted molar refractivity (Wildman–Crippen MR) is 154 cm³/mol. The number of pyridine rings is 2. The number of hydrogen-bond acceptors (Lipinski definition) is 3. The Labute approximate surface area is 220 Å². The molecule has 4 aromatic carbocycles. The Hall–Kier alpha value is -5.22. The summed E-state index contributed by atoms with van der Waals surface area (Å²) in [6, 6.07) is 42.7. The maximum atomic E-state index is 10.7. The molecule has 0 spiro atoms. The van der Waals surface area contributed by atoms with Crippen LogP contribution in [0.25, 0.3) is 61.3 Å². The van der Waals surface area contributed by atoms with E-state index in [1.807, 2.05) is 66.9 Å². The average Bonchev–Trinajstić information content (AvgIpc) is 3.32. The first-order valence-corrected chi connectivity index (χ1v) is 12.6. The number of rotatable bonds is 4. The minimum Gasteiger partial charge on any atom is -0.507 e. The fourth-order valence-corrected chi connectivity index (χ4v) is 5.17. The number of fused-ring (bicyclic) bond motifs is 3. The lowest BCUT2D eigenvalue weighted by atomic mass is 10.0. The Bertz CT molecular complexity index is 1930. The van der Waals surface area contributed by atoms with Crippen molar-refractivity contribution in [2.45, 2.75) is 0 Å². The quantitative estimate of drug-likeness (QED) is 0.271. The van der Waals surface area contributed by atoms with Gasteiger partial charge in [-0.1, -0.05) is 78.9 Å². The minimum atomic E-state index is 0.204. The van der Waals surface area contributed by atoms with Crippen LogP contribution in [0.2, 0.25) is 0 Å². The van der Waals surface area contributed by atoms with Crippen molar-refractivity contribution in [3.8, 4) is 45.2 Å². The molecule has 0 saturated carbocycles. The van der Waals surface area contributed by atoms with Crippen LogP contribution in [0.5, 0.6) is 5.75 Å². The van der Waals surface area contributed by atoms with Gasteiger partial charge in [0, 0.05) is 28.1 Å². The highest BCUT2D eigenvalue weighted by atomic mass is 16.3. The van der Waals surface area contributed by atoms with E-state index in [-0.39, 0.29) is 5.75 Å². The van der Waals surface area contributed by atoms with Crippen molar-refractivity contribution in [3.05, 3.63) is 134 Å². The summed E-state index contributed by atoms with van der Waals surface area (Å²) < 4.78 is 2.22. The van der Waals surface area contributed by atoms with Gasteiger partial charge >= 0.3 is 0 Å². The largest absolute Gasteiger partial charge is 0.507 e. The summed E-state index contributed by atoms with van der Waals surface area (Å²) in [6.07, 6.45) is 1.82. The molecule has 0 aliphatic heterocycles. The van der Waals surface area contributed by atoms with Crippen molar-refractivity contribution in [1.82, 2.24) is 14.5 Å². The van der Waals surface area contributed by atoms with Crippen LogP contribution in [0.15, 0.2) is 134 Å². The van der Waals surface area contributed by atoms with E-state index in [1.165, 1.54) is 0 Å². The molecule has 3 heterocycles. The Morgan fingerprint density at radius 3 is 2.13 bits per heavy atom. The van der Waals surface area contributed by atoms with Crippen LogP contribution in [-0.4, -0.2) is 19.6 Å². The zero-order chi connectivity index (χ0) is 25.5. The number of phenolic OH excluding ortho intramolecular Hbond substituents is 1. The van der Waals surface area contributed by atoms with Crippen LogP contribution in [0, 0.1) is 0 Å². The normalized spacial score (nSPS) is 11.3. The monoisotopic (exact) mass is 489 g/mol. The fourth-order valence-electron chi connectivity index (χ4n) is 5.17. The van der Waals surface area contributed by atoms with Crippen LogP contribution >= 0.6 is 0 Å². The average molecular weight is 490 g/mol. The van der Waals surface area contributed by atoms with Gasteiger partial charge in [-0.3, -0.25) is 9.55 Å². The van der Waals surface area contributed by atoms with Gasteiger partial charge in [-0.2, -0.15) is 0 Å². The number of benzene rings is 4. The number of nitrogens with zero attached hydrogens (tertiary/aromatic N) is 3. The Balaban J connectivity index is 1.55. The third-order valence-corrected chi connectivity index (χ3v) is 6.96. The first-order valence-electron chi connectivity index (χ1n) is 12.6. The SMILES string of the molecule is Oc1ccccc1-c1cc(-c2ccccc2)cc(-n2c3ccccc3c3ccc(-c4ccccn4)cc32)n1. The number of aromatic nitrogens is 3. The molecule has 4 nitrogen and oxygen atoms in total. The third kappa shape index (κ3) is 3.71. The highest BCUT2D eigenvalue weighted by Crippen LogP contribution is 2.37. The Morgan fingerprint density at radius 1 is 0.526 bits per heavy atom. The van der Waals surface area contributed by atoms with E-state index in [1.54, 1.807) is 6.07 Å². The van der Waals surface area contributed by atoms with Gasteiger partial charge in [0.15, 0.2) is 0 Å². The topological polar surface area (TPSA) is 50.9 Å². The van der Waals surface area contributed by atoms with Crippen LogP contribution in [0.4, 0.5) is 0 Å². The van der Waals surface area contributed by atoms with Crippen LogP contribution < -0.4 is 0 Å². The Morgan fingerprint density at radius 2 is 1.29 bits per heavy atom. The predicted octanol–water partition coefficient (Wildman–Crippen LogP) is 8.28. The molecule has 1 N–H and O–H groups in total. The van der Waals surface area contributed by atoms with Crippen molar-refractivity contribution >= 4 is 21.8 Å². The van der Waals surface area contributed by atoms with E-state index in [2.05, 4.69) is 70.2 Å². The van der Waals surface area contributed by atoms with E-state index in [4.69, 9.17) is 4.98 Å². The molecule has 7 aromatic rings. The number of aromatic hydroxyl groups is 1. The zero-order valence-corrected chi connectivity index (χ0v) is 20.5. The third-order valence-electron chi connectivity index (χ3n) is 6.96. The summed E-state index contributed by atoms with van der Waals surface area (Å²) in [5.41, 5.74) is 7.61. The maximum Gasteiger partial charge on any atom is 0.138 e. The summed E-state index contributed by atoms with van der Waals surface area (Å²) in [5, 5.41) is 13.0. The number of phenols is 1. The van der Waals surface area contributed by atoms with E-state index < -0.39 is 0 Å². The lowest BCUT2D eigenvalue weighted by Gasteiger charge is -2.14. The van der Waals surface area contributed by atoms with Gasteiger partial charge in [-0.25, -0.2) is 4.98 Å². The molecular weight excluding hydrogens is 466 g/mol. The zero-order valence-electron chi connectivity index (χ0n) is 20.5. The van der Waals surface area contributed by atoms with Crippen molar-refractivity contribution < 1.29 is 5.11 Å². The lowest BCUT2D eigenvalue weighted by molar-refractivity contribution is 0.477. The second-order valence-electron chi connectivity index (χ2n) is 9.28. The number of para-hydroxylation sites is 2. The molecule has 0 saturated heterocycles. The van der Waals surface area contributed by atoms with Crippen LogP contribution in [0.1, 0.15) is 0 Å². The molecule has 0 fully saturated rings. The van der Waals surface area contributed by atoms with Gasteiger partial charge in [0.25, 0.3) is 0 Å². The molecule has 0 unspecified atom stereocenters. The second-order valence-corrected chi connectivity index (χ2v) is 9.28. The molecule has 180 valence electrons. The summed E-state index contributed by atoms with van der Waals surface area (Å²) >= 11 is 0. The van der Waals surface area contributed by atoms with Crippen molar-refractivity contribution in [1.29, 1.82) is 0 Å². The van der Waals surface area contributed by atoms with Gasteiger partial charge in [-0.05, 0) is 59.7 Å². The second kappa shape index (κ2) is 9.02. The highest BCUT2D eigenvalue weighted by molar-refractivity contribution is 6.10. The van der Waals surface area contributed by atoms with E-state index in [9.17, 15) is 5.11 Å². The van der Waals surface area contributed by atoms with E-state index >= 15 is 0 Å². The summed E-state index contributed by atoms with van der Waals surface area (Å²) in [4.78, 5) is 9.70. The molecule has 0 radical (unpaired) electrons. The smallest absolute Gasteiger partial charge is 0.138 e. The van der Waals surface area contributed by atoms with E-state index in [0.717, 1.165) is 50.0 Å². The molecule has 38 heavy (non-hydrogen) atoms. The summed E-state index contributed by atoms with van der Waals surface area (Å²) in [6.45, 7) is 0. The van der Waals surface area contributed by atoms with Gasteiger partial charge in [0.05, 0.1) is 22.4 Å². The van der Waals surface area contributed by atoms with Crippen molar-refractivity contribution in [2.75, 3.05) is 0 Å². The molecule has 4 heteroatoms. The molecular formula is C34H23N3O. The first-order chi connectivity index (χ1) is 18.8. The number of hydrogen-bond donors (Lipinski definition) is 1. The molecule has 0 aliphatic rings. The molecule has 0 amide bonds. The molecule has 0 aliphatic carbocycles. The van der Waals surface area contributed by atoms with Gasteiger partial charge in [0.1, 0.15) is 11.6 Å². The minimum absolute atomic E-state index is 0.204. The van der Waals surface area contributed by atoms with Gasteiger partial charge in [0.2, 0.25) is 0 Å². The van der Waals surface area contributed by atoms with E-state index in [0.29, 0.717) is 11.3 Å². The summed E-state index contributed by atoms with van der Waals surface area (Å²) in [5.74, 6) is 0.991. The summed E-state index contributed by atoms with van der Waals surface area (Å²) in [7, 11) is 0. The molecule has 0 atom stereocenters. The first kappa shape index (κ1) is 22.0. The fraction of sp³-hybridized carbons (Fsp3) is 0. The van der Waals surface area contributed by atoms with Crippen molar-refractivity contribution in [3.63, 3.8) is 0 Å². The molecule has 0 bridgehead atoms.